The summed E-state index contributed by atoms with van der Waals surface area (Å²) in [7, 11) is 0. The van der Waals surface area contributed by atoms with Gasteiger partial charge in [-0.15, -0.1) is 0 Å². The normalized spacial score (nSPS) is 14.4. The van der Waals surface area contributed by atoms with E-state index in [0.717, 1.165) is 6.42 Å². The molecule has 0 spiro atoms. The van der Waals surface area contributed by atoms with Gasteiger partial charge in [-0.1, -0.05) is 13.8 Å². The summed E-state index contributed by atoms with van der Waals surface area (Å²) in [5.74, 6) is -0.878. The zero-order valence-corrected chi connectivity index (χ0v) is 11.2. The fourth-order valence-electron chi connectivity index (χ4n) is 1.57. The highest BCUT2D eigenvalue weighted by molar-refractivity contribution is 5.78. The van der Waals surface area contributed by atoms with Crippen LogP contribution < -0.4 is 5.32 Å². The highest BCUT2D eigenvalue weighted by Gasteiger charge is 2.18. The molecule has 0 aliphatic heterocycles. The Hall–Kier alpha value is -1.10. The molecule has 5 nitrogen and oxygen atoms in total. The summed E-state index contributed by atoms with van der Waals surface area (Å²) in [6, 6.07) is 0.0381. The van der Waals surface area contributed by atoms with Gasteiger partial charge in [0.05, 0.1) is 13.0 Å². The molecule has 0 aliphatic rings. The number of carbonyl (C=O) groups is 2. The first-order chi connectivity index (χ1) is 7.90. The van der Waals surface area contributed by atoms with Gasteiger partial charge < -0.3 is 10.4 Å². The number of hydrogen-bond donors (Lipinski definition) is 2. The summed E-state index contributed by atoms with van der Waals surface area (Å²) in [5, 5.41) is 11.6. The molecule has 0 aliphatic carbocycles. The third-order valence-corrected chi connectivity index (χ3v) is 2.87. The largest absolute Gasteiger partial charge is 0.481 e. The minimum atomic E-state index is -0.835. The van der Waals surface area contributed by atoms with E-state index >= 15 is 0 Å². The van der Waals surface area contributed by atoms with Gasteiger partial charge >= 0.3 is 5.97 Å². The van der Waals surface area contributed by atoms with Gasteiger partial charge in [0.25, 0.3) is 0 Å². The molecule has 0 bridgehead atoms. The van der Waals surface area contributed by atoms with Gasteiger partial charge in [-0.3, -0.25) is 14.5 Å². The molecule has 17 heavy (non-hydrogen) atoms. The molecule has 100 valence electrons. The van der Waals surface area contributed by atoms with E-state index in [4.69, 9.17) is 5.11 Å². The number of carboxylic acids is 1. The maximum absolute atomic E-state index is 11.7. The molecular formula is C12H24N2O3. The molecular weight excluding hydrogens is 220 g/mol. The van der Waals surface area contributed by atoms with Gasteiger partial charge in [-0.2, -0.15) is 0 Å². The van der Waals surface area contributed by atoms with Gasteiger partial charge in [0.1, 0.15) is 0 Å². The first kappa shape index (κ1) is 15.9. The Balaban J connectivity index is 4.20. The van der Waals surface area contributed by atoms with Crippen molar-refractivity contribution >= 4 is 11.9 Å². The lowest BCUT2D eigenvalue weighted by Crippen LogP contribution is -2.44. The number of aliphatic carboxylic acids is 1. The molecule has 0 aromatic carbocycles. The van der Waals surface area contributed by atoms with E-state index in [-0.39, 0.29) is 31.0 Å². The van der Waals surface area contributed by atoms with Crippen LogP contribution in [0.4, 0.5) is 0 Å². The minimum absolute atomic E-state index is 0.0431. The number of carboxylic acid groups (broad SMARTS) is 1. The van der Waals surface area contributed by atoms with Crippen LogP contribution in [0, 0.1) is 0 Å². The Morgan fingerprint density at radius 1 is 1.29 bits per heavy atom. The van der Waals surface area contributed by atoms with Crippen molar-refractivity contribution in [3.05, 3.63) is 0 Å². The third kappa shape index (κ3) is 6.94. The summed E-state index contributed by atoms with van der Waals surface area (Å²) >= 11 is 0. The number of nitrogens with zero attached hydrogens (tertiary/aromatic N) is 1. The van der Waals surface area contributed by atoms with Crippen molar-refractivity contribution in [1.29, 1.82) is 0 Å². The molecule has 5 heteroatoms. The van der Waals surface area contributed by atoms with E-state index in [9.17, 15) is 9.59 Å². The maximum Gasteiger partial charge on any atom is 0.304 e. The molecule has 0 aromatic rings. The summed E-state index contributed by atoms with van der Waals surface area (Å²) in [6.45, 7) is 8.64. The fourth-order valence-corrected chi connectivity index (χ4v) is 1.57. The quantitative estimate of drug-likeness (QED) is 0.670. The molecule has 0 heterocycles. The Bertz CT molecular complexity index is 256. The first-order valence-electron chi connectivity index (χ1n) is 6.15. The van der Waals surface area contributed by atoms with Crippen LogP contribution in [-0.2, 0) is 9.59 Å². The Labute approximate surface area is 103 Å². The molecule has 2 N–H and O–H groups in total. The second-order valence-electron chi connectivity index (χ2n) is 4.39. The zero-order chi connectivity index (χ0) is 13.4. The van der Waals surface area contributed by atoms with Gasteiger partial charge in [0.2, 0.25) is 5.91 Å². The second kappa shape index (κ2) is 8.06. The number of amides is 1. The van der Waals surface area contributed by atoms with Crippen LogP contribution in [0.25, 0.3) is 0 Å². The van der Waals surface area contributed by atoms with Crippen LogP contribution in [-0.4, -0.2) is 47.1 Å². The van der Waals surface area contributed by atoms with Crippen molar-refractivity contribution in [2.75, 3.05) is 13.1 Å². The Morgan fingerprint density at radius 2 is 1.88 bits per heavy atom. The van der Waals surface area contributed by atoms with Crippen LogP contribution in [0.3, 0.4) is 0 Å². The predicted octanol–water partition coefficient (Wildman–Crippen LogP) is 1.09. The predicted molar refractivity (Wildman–Crippen MR) is 66.9 cm³/mol. The van der Waals surface area contributed by atoms with Crippen molar-refractivity contribution in [1.82, 2.24) is 10.2 Å². The van der Waals surface area contributed by atoms with Crippen molar-refractivity contribution in [3.8, 4) is 0 Å². The number of nitrogens with one attached hydrogen (secondary N) is 1. The Morgan fingerprint density at radius 3 is 2.29 bits per heavy atom. The fraction of sp³-hybridized carbons (Fsp3) is 0.833. The van der Waals surface area contributed by atoms with Crippen LogP contribution in [0.15, 0.2) is 0 Å². The number of likely N-dealkylation sites (N-methyl/N-ethyl adjacent to an activating group) is 1. The monoisotopic (exact) mass is 244 g/mol. The standard InChI is InChI=1S/C12H24N2O3/c1-5-9(3)13-11(15)8-14(6-2)10(4)7-12(16)17/h9-10H,5-8H2,1-4H3,(H,13,15)(H,16,17). The number of carbonyl (C=O) groups excluding carboxylic acids is 1. The maximum atomic E-state index is 11.7. The van der Waals surface area contributed by atoms with E-state index in [1.54, 1.807) is 0 Å². The van der Waals surface area contributed by atoms with Gasteiger partial charge in [0.15, 0.2) is 0 Å². The van der Waals surface area contributed by atoms with E-state index in [2.05, 4.69) is 5.32 Å². The van der Waals surface area contributed by atoms with Crippen LogP contribution in [0.2, 0.25) is 0 Å². The number of rotatable bonds is 8. The smallest absolute Gasteiger partial charge is 0.304 e. The van der Waals surface area contributed by atoms with Gasteiger partial charge in [-0.25, -0.2) is 0 Å². The van der Waals surface area contributed by atoms with E-state index in [1.807, 2.05) is 32.6 Å². The highest BCUT2D eigenvalue weighted by Crippen LogP contribution is 2.03. The minimum Gasteiger partial charge on any atom is -0.481 e. The average Bonchev–Trinajstić information content (AvgIpc) is 2.24. The molecule has 0 rings (SSSR count). The van der Waals surface area contributed by atoms with Crippen LogP contribution in [0.1, 0.15) is 40.5 Å². The van der Waals surface area contributed by atoms with Crippen LogP contribution in [0.5, 0.6) is 0 Å². The molecule has 0 saturated heterocycles. The highest BCUT2D eigenvalue weighted by atomic mass is 16.4. The van der Waals surface area contributed by atoms with Crippen molar-refractivity contribution in [2.45, 2.75) is 52.6 Å². The van der Waals surface area contributed by atoms with Crippen molar-refractivity contribution < 1.29 is 14.7 Å². The number of hydrogen-bond acceptors (Lipinski definition) is 3. The first-order valence-corrected chi connectivity index (χ1v) is 6.15. The summed E-state index contributed by atoms with van der Waals surface area (Å²) in [4.78, 5) is 24.2. The summed E-state index contributed by atoms with van der Waals surface area (Å²) in [5.41, 5.74) is 0. The molecule has 0 saturated carbocycles. The van der Waals surface area contributed by atoms with Gasteiger partial charge in [0, 0.05) is 12.1 Å². The zero-order valence-electron chi connectivity index (χ0n) is 11.2. The lowest BCUT2D eigenvalue weighted by atomic mass is 10.2. The Kier molecular flexibility index (Phi) is 7.54. The summed E-state index contributed by atoms with van der Waals surface area (Å²) < 4.78 is 0. The molecule has 1 amide bonds. The SMILES string of the molecule is CCC(C)NC(=O)CN(CC)C(C)CC(=O)O. The lowest BCUT2D eigenvalue weighted by Gasteiger charge is -2.26. The lowest BCUT2D eigenvalue weighted by molar-refractivity contribution is -0.139. The molecule has 2 atom stereocenters. The molecule has 0 fully saturated rings. The van der Waals surface area contributed by atoms with Crippen molar-refractivity contribution in [3.63, 3.8) is 0 Å². The third-order valence-electron chi connectivity index (χ3n) is 2.87. The second-order valence-corrected chi connectivity index (χ2v) is 4.39. The van der Waals surface area contributed by atoms with Crippen LogP contribution >= 0.6 is 0 Å². The average molecular weight is 244 g/mol. The topological polar surface area (TPSA) is 69.6 Å². The molecule has 0 radical (unpaired) electrons. The van der Waals surface area contributed by atoms with Gasteiger partial charge in [-0.05, 0) is 26.8 Å². The summed E-state index contributed by atoms with van der Waals surface area (Å²) in [6.07, 6.45) is 0.951. The van der Waals surface area contributed by atoms with Crippen molar-refractivity contribution in [2.24, 2.45) is 0 Å². The molecule has 0 aromatic heterocycles. The van der Waals surface area contributed by atoms with E-state index in [1.165, 1.54) is 0 Å². The van der Waals surface area contributed by atoms with E-state index in [0.29, 0.717) is 6.54 Å². The molecule has 2 unspecified atom stereocenters. The van der Waals surface area contributed by atoms with E-state index < -0.39 is 5.97 Å².